The van der Waals surface area contributed by atoms with Crippen LogP contribution < -0.4 is 9.64 Å². The third-order valence-corrected chi connectivity index (χ3v) is 5.65. The van der Waals surface area contributed by atoms with Crippen molar-refractivity contribution in [3.8, 4) is 17.0 Å². The Balaban J connectivity index is 1.85. The summed E-state index contributed by atoms with van der Waals surface area (Å²) in [5, 5.41) is 11.0. The van der Waals surface area contributed by atoms with Crippen molar-refractivity contribution in [2.75, 3.05) is 11.9 Å². The van der Waals surface area contributed by atoms with E-state index >= 15 is 0 Å². The third kappa shape index (κ3) is 2.76. The van der Waals surface area contributed by atoms with Gasteiger partial charge in [-0.3, -0.25) is 14.0 Å². The van der Waals surface area contributed by atoms with Crippen molar-refractivity contribution >= 4 is 33.9 Å². The first-order chi connectivity index (χ1) is 12.9. The van der Waals surface area contributed by atoms with Crippen LogP contribution in [-0.2, 0) is 22.4 Å². The Labute approximate surface area is 159 Å². The van der Waals surface area contributed by atoms with Gasteiger partial charge in [-0.05, 0) is 31.5 Å². The summed E-state index contributed by atoms with van der Waals surface area (Å²) in [7, 11) is 1.74. The van der Waals surface area contributed by atoms with Gasteiger partial charge < -0.3 is 14.7 Å². The molecule has 7 nitrogen and oxygen atoms in total. The molecule has 4 rings (SSSR count). The first-order valence-corrected chi connectivity index (χ1v) is 9.56. The molecule has 1 aromatic carbocycles. The van der Waals surface area contributed by atoms with Crippen LogP contribution >= 0.6 is 11.3 Å². The molecule has 8 heteroatoms. The largest absolute Gasteiger partial charge is 0.481 e. The minimum absolute atomic E-state index is 0.0457. The van der Waals surface area contributed by atoms with E-state index in [1.807, 2.05) is 34.9 Å². The summed E-state index contributed by atoms with van der Waals surface area (Å²) in [6, 6.07) is 5.69. The van der Waals surface area contributed by atoms with Crippen molar-refractivity contribution in [1.82, 2.24) is 9.38 Å². The molecular weight excluding hydrogens is 366 g/mol. The molecule has 0 fully saturated rings. The number of fused-ring (bicyclic) bond motifs is 2. The molecular formula is C19H19N3O4S. The van der Waals surface area contributed by atoms with Gasteiger partial charge >= 0.3 is 5.97 Å². The van der Waals surface area contributed by atoms with Gasteiger partial charge in [-0.25, -0.2) is 4.98 Å². The molecule has 0 spiro atoms. The van der Waals surface area contributed by atoms with Crippen molar-refractivity contribution < 1.29 is 19.4 Å². The van der Waals surface area contributed by atoms with Gasteiger partial charge in [0.05, 0.1) is 23.5 Å². The second kappa shape index (κ2) is 6.38. The molecule has 1 unspecified atom stereocenters. The number of aryl methyl sites for hydroxylation is 1. The number of hydrogen-bond acceptors (Lipinski definition) is 5. The van der Waals surface area contributed by atoms with Crippen molar-refractivity contribution in [2.24, 2.45) is 0 Å². The van der Waals surface area contributed by atoms with Gasteiger partial charge in [0, 0.05) is 23.7 Å². The van der Waals surface area contributed by atoms with Crippen LogP contribution in [0.2, 0.25) is 0 Å². The molecule has 3 heterocycles. The molecule has 27 heavy (non-hydrogen) atoms. The quantitative estimate of drug-likeness (QED) is 0.746. The summed E-state index contributed by atoms with van der Waals surface area (Å²) in [5.74, 6) is -0.295. The van der Waals surface area contributed by atoms with Crippen LogP contribution in [0.4, 0.5) is 5.69 Å². The van der Waals surface area contributed by atoms with Gasteiger partial charge in [-0.15, -0.1) is 11.3 Å². The molecule has 1 amide bonds. The summed E-state index contributed by atoms with van der Waals surface area (Å²) in [5.41, 5.74) is 4.07. The van der Waals surface area contributed by atoms with Crippen molar-refractivity contribution in [2.45, 2.75) is 32.8 Å². The predicted octanol–water partition coefficient (Wildman–Crippen LogP) is 3.00. The second-order valence-corrected chi connectivity index (χ2v) is 7.35. The number of carbonyl (C=O) groups is 2. The Kier molecular flexibility index (Phi) is 4.15. The Hall–Kier alpha value is -2.87. The molecule has 1 aliphatic heterocycles. The lowest BCUT2D eigenvalue weighted by Gasteiger charge is -2.30. The number of benzene rings is 1. The lowest BCUT2D eigenvalue weighted by Crippen LogP contribution is -2.41. The van der Waals surface area contributed by atoms with Gasteiger partial charge in [-0.2, -0.15) is 0 Å². The Morgan fingerprint density at radius 2 is 2.19 bits per heavy atom. The lowest BCUT2D eigenvalue weighted by molar-refractivity contribution is -0.136. The van der Waals surface area contributed by atoms with Gasteiger partial charge in [0.1, 0.15) is 5.75 Å². The number of carboxylic acid groups (broad SMARTS) is 1. The molecule has 1 N–H and O–H groups in total. The maximum absolute atomic E-state index is 12.2. The Bertz CT molecular complexity index is 1070. The Morgan fingerprint density at radius 3 is 2.89 bits per heavy atom. The van der Waals surface area contributed by atoms with E-state index in [9.17, 15) is 9.59 Å². The summed E-state index contributed by atoms with van der Waals surface area (Å²) in [6.45, 7) is 3.76. The highest BCUT2D eigenvalue weighted by molar-refractivity contribution is 7.15. The zero-order chi connectivity index (χ0) is 19.3. The number of aliphatic carboxylic acids is 1. The van der Waals surface area contributed by atoms with Crippen LogP contribution in [-0.4, -0.2) is 39.5 Å². The monoisotopic (exact) mass is 385 g/mol. The lowest BCUT2D eigenvalue weighted by atomic mass is 10.1. The summed E-state index contributed by atoms with van der Waals surface area (Å²) in [4.78, 5) is 30.5. The number of likely N-dealkylation sites (N-methyl/N-ethyl adjacent to an activating group) is 1. The molecule has 2 aromatic heterocycles. The van der Waals surface area contributed by atoms with E-state index in [1.165, 1.54) is 11.3 Å². The Morgan fingerprint density at radius 1 is 1.41 bits per heavy atom. The maximum atomic E-state index is 12.2. The van der Waals surface area contributed by atoms with Crippen molar-refractivity contribution in [3.63, 3.8) is 0 Å². The molecule has 0 saturated heterocycles. The zero-order valence-electron chi connectivity index (χ0n) is 15.2. The van der Waals surface area contributed by atoms with Crippen LogP contribution in [0.1, 0.15) is 25.2 Å². The fourth-order valence-electron chi connectivity index (χ4n) is 3.47. The fraction of sp³-hybridized carbons (Fsp3) is 0.316. The van der Waals surface area contributed by atoms with Crippen LogP contribution in [0.25, 0.3) is 16.2 Å². The standard InChI is InChI=1S/C19H19N3O4S/c1-4-13-17(20-19-22(13)12(9-27-19)8-16(23)24)11-5-6-15-14(7-11)21(3)18(25)10(2)26-15/h5-7,9-10H,4,8H2,1-3H3,(H,23,24). The molecule has 0 radical (unpaired) electrons. The van der Waals surface area contributed by atoms with E-state index in [2.05, 4.69) is 0 Å². The summed E-state index contributed by atoms with van der Waals surface area (Å²) < 4.78 is 7.62. The highest BCUT2D eigenvalue weighted by atomic mass is 32.1. The van der Waals surface area contributed by atoms with E-state index in [-0.39, 0.29) is 12.3 Å². The first kappa shape index (κ1) is 17.5. The highest BCUT2D eigenvalue weighted by Crippen LogP contribution is 2.38. The van der Waals surface area contributed by atoms with Gasteiger partial charge in [0.2, 0.25) is 0 Å². The fourth-order valence-corrected chi connectivity index (χ4v) is 4.38. The normalized spacial score (nSPS) is 16.5. The van der Waals surface area contributed by atoms with Crippen LogP contribution in [0.5, 0.6) is 5.75 Å². The van der Waals surface area contributed by atoms with E-state index in [4.69, 9.17) is 14.8 Å². The molecule has 1 atom stereocenters. The molecule has 1 aliphatic rings. The van der Waals surface area contributed by atoms with E-state index in [1.54, 1.807) is 18.9 Å². The van der Waals surface area contributed by atoms with Crippen LogP contribution in [0, 0.1) is 0 Å². The number of hydrogen-bond donors (Lipinski definition) is 1. The molecule has 0 saturated carbocycles. The highest BCUT2D eigenvalue weighted by Gasteiger charge is 2.29. The average Bonchev–Trinajstić information content (AvgIpc) is 3.19. The minimum atomic E-state index is -0.868. The molecule has 0 aliphatic carbocycles. The second-order valence-electron chi connectivity index (χ2n) is 6.52. The predicted molar refractivity (Wildman–Crippen MR) is 103 cm³/mol. The minimum Gasteiger partial charge on any atom is -0.481 e. The molecule has 0 bridgehead atoms. The van der Waals surface area contributed by atoms with E-state index < -0.39 is 12.1 Å². The van der Waals surface area contributed by atoms with Gasteiger partial charge in [0.25, 0.3) is 5.91 Å². The van der Waals surface area contributed by atoms with Gasteiger partial charge in [-0.1, -0.05) is 6.92 Å². The number of ether oxygens (including phenoxy) is 1. The number of nitrogens with zero attached hydrogens (tertiary/aromatic N) is 3. The smallest absolute Gasteiger partial charge is 0.309 e. The SMILES string of the molecule is CCc1c(-c2ccc3c(c2)N(C)C(=O)C(C)O3)nc2scc(CC(=O)O)n12. The topological polar surface area (TPSA) is 84.1 Å². The molecule has 3 aromatic rings. The number of rotatable bonds is 4. The van der Waals surface area contributed by atoms with E-state index in [0.29, 0.717) is 17.9 Å². The van der Waals surface area contributed by atoms with Crippen molar-refractivity contribution in [1.29, 1.82) is 0 Å². The number of carbonyl (C=O) groups excluding carboxylic acids is 1. The zero-order valence-corrected chi connectivity index (χ0v) is 16.0. The molecule has 140 valence electrons. The summed E-state index contributed by atoms with van der Waals surface area (Å²) in [6.07, 6.45) is 0.158. The number of amides is 1. The number of carboxylic acids is 1. The number of anilines is 1. The van der Waals surface area contributed by atoms with Gasteiger partial charge in [0.15, 0.2) is 11.1 Å². The van der Waals surface area contributed by atoms with Crippen LogP contribution in [0.15, 0.2) is 23.6 Å². The summed E-state index contributed by atoms with van der Waals surface area (Å²) >= 11 is 1.43. The third-order valence-electron chi connectivity index (χ3n) is 4.77. The van der Waals surface area contributed by atoms with Crippen LogP contribution in [0.3, 0.4) is 0 Å². The maximum Gasteiger partial charge on any atom is 0.309 e. The number of thiazole rings is 1. The van der Waals surface area contributed by atoms with E-state index in [0.717, 1.165) is 27.6 Å². The number of imidazole rings is 1. The first-order valence-electron chi connectivity index (χ1n) is 8.68. The van der Waals surface area contributed by atoms with Crippen molar-refractivity contribution in [3.05, 3.63) is 35.0 Å². The average molecular weight is 385 g/mol. The number of aromatic nitrogens is 2.